The summed E-state index contributed by atoms with van der Waals surface area (Å²) in [5, 5.41) is 14.4. The molecule has 1 aromatic carbocycles. The molecule has 2 heterocycles. The maximum absolute atomic E-state index is 11.1. The Labute approximate surface area is 127 Å². The van der Waals surface area contributed by atoms with Crippen LogP contribution in [0.2, 0.25) is 0 Å². The third-order valence-corrected chi connectivity index (χ3v) is 3.79. The van der Waals surface area contributed by atoms with E-state index in [1.54, 1.807) is 6.07 Å². The van der Waals surface area contributed by atoms with Gasteiger partial charge in [-0.15, -0.1) is 0 Å². The second kappa shape index (κ2) is 5.59. The number of rotatable bonds is 3. The molecule has 1 atom stereocenters. The van der Waals surface area contributed by atoms with Gasteiger partial charge in [0.1, 0.15) is 5.82 Å². The average molecular weight is 300 g/mol. The Morgan fingerprint density at radius 1 is 1.41 bits per heavy atom. The summed E-state index contributed by atoms with van der Waals surface area (Å²) in [6, 6.07) is 8.50. The molecule has 1 aliphatic heterocycles. The van der Waals surface area contributed by atoms with E-state index < -0.39 is 4.92 Å². The van der Waals surface area contributed by atoms with Crippen molar-refractivity contribution >= 4 is 28.3 Å². The standard InChI is InChI=1S/C15H16N4O3/c1-10(20)16-12-6-7-18(9-12)15-5-2-11-8-13(19(21)22)3-4-14(11)17-15/h2-5,8,12H,6-7,9H2,1H3,(H,16,20). The van der Waals surface area contributed by atoms with E-state index in [1.807, 2.05) is 12.1 Å². The Morgan fingerprint density at radius 2 is 2.23 bits per heavy atom. The van der Waals surface area contributed by atoms with Crippen molar-refractivity contribution < 1.29 is 9.72 Å². The molecule has 7 nitrogen and oxygen atoms in total. The van der Waals surface area contributed by atoms with Crippen molar-refractivity contribution in [3.63, 3.8) is 0 Å². The first kappa shape index (κ1) is 14.2. The van der Waals surface area contributed by atoms with Crippen LogP contribution >= 0.6 is 0 Å². The van der Waals surface area contributed by atoms with Crippen LogP contribution in [0.4, 0.5) is 11.5 Å². The van der Waals surface area contributed by atoms with Crippen LogP contribution in [0.15, 0.2) is 30.3 Å². The lowest BCUT2D eigenvalue weighted by Gasteiger charge is -2.18. The molecule has 1 amide bonds. The molecular weight excluding hydrogens is 284 g/mol. The predicted molar refractivity (Wildman–Crippen MR) is 82.8 cm³/mol. The van der Waals surface area contributed by atoms with E-state index in [-0.39, 0.29) is 17.6 Å². The molecule has 0 saturated carbocycles. The second-order valence-corrected chi connectivity index (χ2v) is 5.44. The number of benzene rings is 1. The zero-order chi connectivity index (χ0) is 15.7. The van der Waals surface area contributed by atoms with Crippen LogP contribution in [0.1, 0.15) is 13.3 Å². The number of non-ortho nitro benzene ring substituents is 1. The third kappa shape index (κ3) is 2.83. The lowest BCUT2D eigenvalue weighted by Crippen LogP contribution is -2.35. The first-order valence-electron chi connectivity index (χ1n) is 7.10. The van der Waals surface area contributed by atoms with Crippen molar-refractivity contribution in [3.8, 4) is 0 Å². The van der Waals surface area contributed by atoms with Crippen molar-refractivity contribution in [2.24, 2.45) is 0 Å². The zero-order valence-corrected chi connectivity index (χ0v) is 12.2. The summed E-state index contributed by atoms with van der Waals surface area (Å²) in [7, 11) is 0. The molecule has 0 aliphatic carbocycles. The number of nitrogens with zero attached hydrogens (tertiary/aromatic N) is 3. The van der Waals surface area contributed by atoms with Gasteiger partial charge in [-0.05, 0) is 24.6 Å². The largest absolute Gasteiger partial charge is 0.354 e. The monoisotopic (exact) mass is 300 g/mol. The Balaban J connectivity index is 1.82. The topological polar surface area (TPSA) is 88.4 Å². The molecule has 1 unspecified atom stereocenters. The first-order chi connectivity index (χ1) is 10.5. The number of nitrogens with one attached hydrogen (secondary N) is 1. The van der Waals surface area contributed by atoms with Gasteiger partial charge in [-0.25, -0.2) is 4.98 Å². The number of carbonyl (C=O) groups excluding carboxylic acids is 1. The van der Waals surface area contributed by atoms with Crippen LogP contribution in [0, 0.1) is 10.1 Å². The normalized spacial score (nSPS) is 17.7. The summed E-state index contributed by atoms with van der Waals surface area (Å²) in [6.07, 6.45) is 0.888. The molecule has 2 aromatic rings. The SMILES string of the molecule is CC(=O)NC1CCN(c2ccc3cc([N+](=O)[O-])ccc3n2)C1. The average Bonchev–Trinajstić information content (AvgIpc) is 2.93. The van der Waals surface area contributed by atoms with Gasteiger partial charge in [-0.1, -0.05) is 0 Å². The molecule has 0 spiro atoms. The van der Waals surface area contributed by atoms with Gasteiger partial charge in [0.2, 0.25) is 5.91 Å². The molecule has 1 aliphatic rings. The quantitative estimate of drug-likeness (QED) is 0.690. The number of hydrogen-bond acceptors (Lipinski definition) is 5. The van der Waals surface area contributed by atoms with E-state index in [2.05, 4.69) is 15.2 Å². The van der Waals surface area contributed by atoms with E-state index >= 15 is 0 Å². The van der Waals surface area contributed by atoms with Crippen LogP contribution in [-0.4, -0.2) is 34.9 Å². The molecule has 1 N–H and O–H groups in total. The molecule has 1 saturated heterocycles. The Hall–Kier alpha value is -2.70. The summed E-state index contributed by atoms with van der Waals surface area (Å²) in [6.45, 7) is 3.07. The first-order valence-corrected chi connectivity index (χ1v) is 7.10. The fourth-order valence-corrected chi connectivity index (χ4v) is 2.77. The number of fused-ring (bicyclic) bond motifs is 1. The Bertz CT molecular complexity index is 747. The van der Waals surface area contributed by atoms with E-state index in [4.69, 9.17) is 0 Å². The van der Waals surface area contributed by atoms with E-state index in [0.717, 1.165) is 36.2 Å². The molecule has 114 valence electrons. The molecule has 7 heteroatoms. The van der Waals surface area contributed by atoms with Crippen molar-refractivity contribution in [2.75, 3.05) is 18.0 Å². The number of anilines is 1. The molecule has 0 radical (unpaired) electrons. The number of carbonyl (C=O) groups is 1. The highest BCUT2D eigenvalue weighted by atomic mass is 16.6. The van der Waals surface area contributed by atoms with Crippen LogP contribution in [-0.2, 0) is 4.79 Å². The summed E-state index contributed by atoms with van der Waals surface area (Å²) in [5.74, 6) is 0.805. The smallest absolute Gasteiger partial charge is 0.270 e. The number of nitro groups is 1. The van der Waals surface area contributed by atoms with Crippen LogP contribution in [0.3, 0.4) is 0 Å². The summed E-state index contributed by atoms with van der Waals surface area (Å²) < 4.78 is 0. The molecule has 1 aromatic heterocycles. The minimum Gasteiger partial charge on any atom is -0.354 e. The highest BCUT2D eigenvalue weighted by molar-refractivity contribution is 5.82. The van der Waals surface area contributed by atoms with Gasteiger partial charge in [0.05, 0.1) is 10.4 Å². The molecular formula is C15H16N4O3. The van der Waals surface area contributed by atoms with Gasteiger partial charge < -0.3 is 10.2 Å². The van der Waals surface area contributed by atoms with E-state index in [0.29, 0.717) is 0 Å². The maximum atomic E-state index is 11.1. The molecule has 0 bridgehead atoms. The van der Waals surface area contributed by atoms with Gasteiger partial charge in [0.15, 0.2) is 0 Å². The van der Waals surface area contributed by atoms with Crippen molar-refractivity contribution in [1.29, 1.82) is 0 Å². The summed E-state index contributed by atoms with van der Waals surface area (Å²) in [4.78, 5) is 28.2. The third-order valence-electron chi connectivity index (χ3n) is 3.79. The van der Waals surface area contributed by atoms with Gasteiger partial charge in [-0.2, -0.15) is 0 Å². The predicted octanol–water partition coefficient (Wildman–Crippen LogP) is 1.86. The number of nitro benzene ring substituents is 1. The van der Waals surface area contributed by atoms with Crippen molar-refractivity contribution in [2.45, 2.75) is 19.4 Å². The number of amides is 1. The van der Waals surface area contributed by atoms with Gasteiger partial charge >= 0.3 is 0 Å². The Kier molecular flexibility index (Phi) is 3.62. The van der Waals surface area contributed by atoms with Crippen molar-refractivity contribution in [3.05, 3.63) is 40.4 Å². The number of pyridine rings is 1. The van der Waals surface area contributed by atoms with Gasteiger partial charge in [-0.3, -0.25) is 14.9 Å². The summed E-state index contributed by atoms with van der Waals surface area (Å²) in [5.41, 5.74) is 0.792. The highest BCUT2D eigenvalue weighted by Gasteiger charge is 2.24. The maximum Gasteiger partial charge on any atom is 0.270 e. The van der Waals surface area contributed by atoms with E-state index in [1.165, 1.54) is 19.1 Å². The van der Waals surface area contributed by atoms with Gasteiger partial charge in [0.25, 0.3) is 5.69 Å². The molecule has 1 fully saturated rings. The van der Waals surface area contributed by atoms with Crippen LogP contribution < -0.4 is 10.2 Å². The lowest BCUT2D eigenvalue weighted by atomic mass is 10.2. The minimum absolute atomic E-state index is 0.0226. The summed E-state index contributed by atoms with van der Waals surface area (Å²) >= 11 is 0. The fraction of sp³-hybridized carbons (Fsp3) is 0.333. The van der Waals surface area contributed by atoms with Gasteiger partial charge in [0, 0.05) is 43.6 Å². The number of aromatic nitrogens is 1. The van der Waals surface area contributed by atoms with Crippen molar-refractivity contribution in [1.82, 2.24) is 10.3 Å². The van der Waals surface area contributed by atoms with E-state index in [9.17, 15) is 14.9 Å². The fourth-order valence-electron chi connectivity index (χ4n) is 2.77. The minimum atomic E-state index is -0.411. The van der Waals surface area contributed by atoms with Crippen LogP contribution in [0.5, 0.6) is 0 Å². The second-order valence-electron chi connectivity index (χ2n) is 5.44. The molecule has 22 heavy (non-hydrogen) atoms. The van der Waals surface area contributed by atoms with Crippen LogP contribution in [0.25, 0.3) is 10.9 Å². The highest BCUT2D eigenvalue weighted by Crippen LogP contribution is 2.24. The lowest BCUT2D eigenvalue weighted by molar-refractivity contribution is -0.384. The Morgan fingerprint density at radius 3 is 2.95 bits per heavy atom. The molecule has 3 rings (SSSR count). The zero-order valence-electron chi connectivity index (χ0n) is 12.2. The number of hydrogen-bond donors (Lipinski definition) is 1.